The summed E-state index contributed by atoms with van der Waals surface area (Å²) in [5.41, 5.74) is 0.647. The SMILES string of the molecule is CN(Cc1cccc(OCCN2CCN(C(=O)c3ccc(C(F)(F)F)cc3)CC2)c1)CC1CCC(=O)N1. The van der Waals surface area contributed by atoms with Crippen LogP contribution in [0.1, 0.15) is 34.3 Å². The van der Waals surface area contributed by atoms with Gasteiger partial charge >= 0.3 is 6.18 Å². The first-order valence-electron chi connectivity index (χ1n) is 12.6. The summed E-state index contributed by atoms with van der Waals surface area (Å²) in [5, 5.41) is 3.00. The number of amides is 2. The molecule has 0 spiro atoms. The summed E-state index contributed by atoms with van der Waals surface area (Å²) in [7, 11) is 2.04. The Hall–Kier alpha value is -3.11. The lowest BCUT2D eigenvalue weighted by Crippen LogP contribution is -2.49. The van der Waals surface area contributed by atoms with E-state index in [0.29, 0.717) is 45.8 Å². The number of benzene rings is 2. The minimum atomic E-state index is -4.41. The number of piperazine rings is 1. The molecule has 2 aliphatic rings. The van der Waals surface area contributed by atoms with Crippen molar-refractivity contribution >= 4 is 11.8 Å². The zero-order chi connectivity index (χ0) is 26.4. The van der Waals surface area contributed by atoms with E-state index in [1.807, 2.05) is 25.2 Å². The fourth-order valence-electron chi connectivity index (χ4n) is 4.75. The summed E-state index contributed by atoms with van der Waals surface area (Å²) in [6.45, 7) is 5.19. The van der Waals surface area contributed by atoms with Crippen molar-refractivity contribution in [1.29, 1.82) is 0 Å². The van der Waals surface area contributed by atoms with Crippen molar-refractivity contribution in [1.82, 2.24) is 20.0 Å². The van der Waals surface area contributed by atoms with Gasteiger partial charge < -0.3 is 19.9 Å². The molecule has 2 aliphatic heterocycles. The quantitative estimate of drug-likeness (QED) is 0.552. The number of alkyl halides is 3. The minimum absolute atomic E-state index is 0.126. The molecule has 7 nitrogen and oxygen atoms in total. The molecule has 4 rings (SSSR count). The molecule has 10 heteroatoms. The number of halogens is 3. The van der Waals surface area contributed by atoms with Crippen molar-refractivity contribution in [2.75, 3.05) is 52.9 Å². The molecule has 0 aliphatic carbocycles. The smallest absolute Gasteiger partial charge is 0.416 e. The highest BCUT2D eigenvalue weighted by molar-refractivity contribution is 5.94. The zero-order valence-corrected chi connectivity index (χ0v) is 21.0. The monoisotopic (exact) mass is 518 g/mol. The number of carbonyl (C=O) groups is 2. The largest absolute Gasteiger partial charge is 0.492 e. The summed E-state index contributed by atoms with van der Waals surface area (Å²) >= 11 is 0. The maximum absolute atomic E-state index is 12.8. The van der Waals surface area contributed by atoms with Gasteiger partial charge in [-0.05, 0) is 55.4 Å². The van der Waals surface area contributed by atoms with Gasteiger partial charge in [-0.25, -0.2) is 0 Å². The molecule has 0 saturated carbocycles. The average Bonchev–Trinajstić information content (AvgIpc) is 3.28. The van der Waals surface area contributed by atoms with Gasteiger partial charge in [-0.2, -0.15) is 13.2 Å². The van der Waals surface area contributed by atoms with Crippen molar-refractivity contribution < 1.29 is 27.5 Å². The van der Waals surface area contributed by atoms with Crippen LogP contribution in [0.4, 0.5) is 13.2 Å². The van der Waals surface area contributed by atoms with Crippen molar-refractivity contribution in [3.63, 3.8) is 0 Å². The van der Waals surface area contributed by atoms with Gasteiger partial charge in [0, 0.05) is 63.8 Å². The van der Waals surface area contributed by atoms with Crippen LogP contribution in [0.5, 0.6) is 5.75 Å². The molecule has 0 bridgehead atoms. The van der Waals surface area contributed by atoms with Crippen LogP contribution < -0.4 is 10.1 Å². The summed E-state index contributed by atoms with van der Waals surface area (Å²) in [6.07, 6.45) is -2.93. The lowest BCUT2D eigenvalue weighted by molar-refractivity contribution is -0.137. The second kappa shape index (κ2) is 12.0. The Kier molecular flexibility index (Phi) is 8.71. The second-order valence-electron chi connectivity index (χ2n) is 9.70. The van der Waals surface area contributed by atoms with E-state index in [2.05, 4.69) is 21.2 Å². The fraction of sp³-hybridized carbons (Fsp3) is 0.481. The number of hydrogen-bond donors (Lipinski definition) is 1. The first-order chi connectivity index (χ1) is 17.7. The Labute approximate surface area is 215 Å². The third-order valence-electron chi connectivity index (χ3n) is 6.76. The highest BCUT2D eigenvalue weighted by atomic mass is 19.4. The Bertz CT molecular complexity index is 1070. The van der Waals surface area contributed by atoms with Crippen molar-refractivity contribution in [2.45, 2.75) is 31.6 Å². The number of nitrogens with one attached hydrogen (secondary N) is 1. The van der Waals surface area contributed by atoms with E-state index >= 15 is 0 Å². The lowest BCUT2D eigenvalue weighted by Gasteiger charge is -2.34. The van der Waals surface area contributed by atoms with Crippen LogP contribution in [0.15, 0.2) is 48.5 Å². The van der Waals surface area contributed by atoms with E-state index in [9.17, 15) is 22.8 Å². The maximum atomic E-state index is 12.8. The summed E-state index contributed by atoms with van der Waals surface area (Å²) in [4.78, 5) is 30.1. The Morgan fingerprint density at radius 2 is 1.84 bits per heavy atom. The normalized spacial score (nSPS) is 18.8. The van der Waals surface area contributed by atoms with Crippen LogP contribution in [-0.4, -0.2) is 85.5 Å². The van der Waals surface area contributed by atoms with Gasteiger partial charge in [-0.15, -0.1) is 0 Å². The van der Waals surface area contributed by atoms with E-state index in [0.717, 1.165) is 43.0 Å². The second-order valence-corrected chi connectivity index (χ2v) is 9.70. The van der Waals surface area contributed by atoms with E-state index < -0.39 is 11.7 Å². The minimum Gasteiger partial charge on any atom is -0.492 e. The first kappa shape index (κ1) is 26.9. The summed E-state index contributed by atoms with van der Waals surface area (Å²) in [5.74, 6) is 0.680. The third-order valence-corrected chi connectivity index (χ3v) is 6.76. The molecule has 2 heterocycles. The molecule has 2 aromatic rings. The number of ether oxygens (including phenoxy) is 1. The molecular formula is C27H33F3N4O3. The molecule has 2 amide bonds. The highest BCUT2D eigenvalue weighted by Gasteiger charge is 2.31. The van der Waals surface area contributed by atoms with Crippen LogP contribution in [-0.2, 0) is 17.5 Å². The van der Waals surface area contributed by atoms with Gasteiger partial charge in [0.05, 0.1) is 5.56 Å². The Balaban J connectivity index is 1.17. The number of likely N-dealkylation sites (N-methyl/N-ethyl adjacent to an activating group) is 1. The predicted octanol–water partition coefficient (Wildman–Crippen LogP) is 3.25. The summed E-state index contributed by atoms with van der Waals surface area (Å²) < 4.78 is 44.2. The Morgan fingerprint density at radius 1 is 1.11 bits per heavy atom. The Morgan fingerprint density at radius 3 is 2.49 bits per heavy atom. The van der Waals surface area contributed by atoms with Gasteiger partial charge in [0.1, 0.15) is 12.4 Å². The molecule has 2 aromatic carbocycles. The van der Waals surface area contributed by atoms with Crippen molar-refractivity contribution in [3.05, 3.63) is 65.2 Å². The standard InChI is InChI=1S/C27H33F3N4O3/c1-32(19-23-9-10-25(35)31-23)18-20-3-2-4-24(17-20)37-16-15-33-11-13-34(14-12-33)26(36)21-5-7-22(8-6-21)27(28,29)30/h2-8,17,23H,9-16,18-19H2,1H3,(H,31,35). The average molecular weight is 519 g/mol. The zero-order valence-electron chi connectivity index (χ0n) is 21.0. The van der Waals surface area contributed by atoms with Gasteiger partial charge in [-0.3, -0.25) is 14.5 Å². The van der Waals surface area contributed by atoms with Gasteiger partial charge in [0.15, 0.2) is 0 Å². The first-order valence-corrected chi connectivity index (χ1v) is 12.6. The fourth-order valence-corrected chi connectivity index (χ4v) is 4.75. The van der Waals surface area contributed by atoms with Gasteiger partial charge in [-0.1, -0.05) is 12.1 Å². The van der Waals surface area contributed by atoms with Crippen LogP contribution >= 0.6 is 0 Å². The maximum Gasteiger partial charge on any atom is 0.416 e. The van der Waals surface area contributed by atoms with Crippen molar-refractivity contribution in [3.8, 4) is 5.75 Å². The molecule has 0 aromatic heterocycles. The van der Waals surface area contributed by atoms with E-state index in [4.69, 9.17) is 4.74 Å². The molecule has 1 atom stereocenters. The van der Waals surface area contributed by atoms with E-state index in [-0.39, 0.29) is 23.4 Å². The van der Waals surface area contributed by atoms with Crippen LogP contribution in [0.3, 0.4) is 0 Å². The summed E-state index contributed by atoms with van der Waals surface area (Å²) in [6, 6.07) is 12.6. The molecule has 2 fully saturated rings. The highest BCUT2D eigenvalue weighted by Crippen LogP contribution is 2.29. The molecule has 0 radical (unpaired) electrons. The van der Waals surface area contributed by atoms with Gasteiger partial charge in [0.2, 0.25) is 5.91 Å². The van der Waals surface area contributed by atoms with E-state index in [1.54, 1.807) is 4.90 Å². The van der Waals surface area contributed by atoms with Crippen LogP contribution in [0, 0.1) is 0 Å². The van der Waals surface area contributed by atoms with Crippen LogP contribution in [0.2, 0.25) is 0 Å². The number of nitrogens with zero attached hydrogens (tertiary/aromatic N) is 3. The molecule has 2 saturated heterocycles. The predicted molar refractivity (Wildman–Crippen MR) is 133 cm³/mol. The number of hydrogen-bond acceptors (Lipinski definition) is 5. The van der Waals surface area contributed by atoms with Gasteiger partial charge in [0.25, 0.3) is 5.91 Å². The molecular weight excluding hydrogens is 485 g/mol. The molecule has 1 N–H and O–H groups in total. The molecule has 37 heavy (non-hydrogen) atoms. The topological polar surface area (TPSA) is 65.1 Å². The number of rotatable bonds is 9. The molecule has 1 unspecified atom stereocenters. The van der Waals surface area contributed by atoms with Crippen molar-refractivity contribution in [2.24, 2.45) is 0 Å². The van der Waals surface area contributed by atoms with E-state index in [1.165, 1.54) is 12.1 Å². The van der Waals surface area contributed by atoms with Crippen LogP contribution in [0.25, 0.3) is 0 Å². The molecule has 200 valence electrons. The number of carbonyl (C=O) groups excluding carboxylic acids is 2. The lowest BCUT2D eigenvalue weighted by atomic mass is 10.1. The third kappa shape index (κ3) is 7.69.